The van der Waals surface area contributed by atoms with Crippen molar-refractivity contribution in [3.05, 3.63) is 29.6 Å². The molecule has 1 atom stereocenters. The van der Waals surface area contributed by atoms with Crippen LogP contribution >= 0.6 is 0 Å². The molecule has 19 heavy (non-hydrogen) atoms. The van der Waals surface area contributed by atoms with Crippen LogP contribution in [0.15, 0.2) is 18.2 Å². The number of nitrogens with one attached hydrogen (secondary N) is 1. The van der Waals surface area contributed by atoms with Crippen molar-refractivity contribution < 1.29 is 18.7 Å². The van der Waals surface area contributed by atoms with Crippen molar-refractivity contribution in [2.75, 3.05) is 20.8 Å². The minimum Gasteiger partial charge on any atom is -0.494 e. The molecule has 1 aromatic rings. The van der Waals surface area contributed by atoms with Gasteiger partial charge in [0.05, 0.1) is 14.2 Å². The van der Waals surface area contributed by atoms with E-state index in [1.807, 2.05) is 13.8 Å². The van der Waals surface area contributed by atoms with Crippen molar-refractivity contribution in [2.45, 2.75) is 19.9 Å². The lowest BCUT2D eigenvalue weighted by Crippen LogP contribution is -2.32. The van der Waals surface area contributed by atoms with Crippen molar-refractivity contribution in [1.82, 2.24) is 5.32 Å². The lowest BCUT2D eigenvalue weighted by Gasteiger charge is -2.18. The predicted molar refractivity (Wildman–Crippen MR) is 70.5 cm³/mol. The molecule has 0 aliphatic carbocycles. The third-order valence-corrected chi connectivity index (χ3v) is 2.68. The van der Waals surface area contributed by atoms with Crippen molar-refractivity contribution in [1.29, 1.82) is 0 Å². The zero-order valence-corrected chi connectivity index (χ0v) is 11.7. The van der Waals surface area contributed by atoms with Crippen LogP contribution in [0.4, 0.5) is 4.39 Å². The van der Waals surface area contributed by atoms with Crippen LogP contribution in [0.25, 0.3) is 0 Å². The lowest BCUT2D eigenvalue weighted by atomic mass is 10.1. The molecule has 0 aromatic heterocycles. The SMILES string of the molecule is COC(=O)C(NCC(C)C)c1ccc(OC)c(F)c1. The van der Waals surface area contributed by atoms with Gasteiger partial charge in [-0.3, -0.25) is 0 Å². The highest BCUT2D eigenvalue weighted by Gasteiger charge is 2.22. The van der Waals surface area contributed by atoms with E-state index < -0.39 is 17.8 Å². The molecule has 106 valence electrons. The minimum atomic E-state index is -0.673. The molecule has 0 fully saturated rings. The van der Waals surface area contributed by atoms with E-state index in [1.54, 1.807) is 6.07 Å². The summed E-state index contributed by atoms with van der Waals surface area (Å²) in [6.07, 6.45) is 0. The Morgan fingerprint density at radius 1 is 1.37 bits per heavy atom. The Bertz CT molecular complexity index is 435. The first kappa shape index (κ1) is 15.4. The summed E-state index contributed by atoms with van der Waals surface area (Å²) in [5.41, 5.74) is 0.519. The first-order valence-electron chi connectivity index (χ1n) is 6.14. The lowest BCUT2D eigenvalue weighted by molar-refractivity contribution is -0.143. The van der Waals surface area contributed by atoms with E-state index >= 15 is 0 Å². The molecule has 0 saturated carbocycles. The smallest absolute Gasteiger partial charge is 0.327 e. The maximum atomic E-state index is 13.7. The Balaban J connectivity index is 2.96. The molecule has 1 rings (SSSR count). The topological polar surface area (TPSA) is 47.6 Å². The van der Waals surface area contributed by atoms with Gasteiger partial charge in [-0.15, -0.1) is 0 Å². The number of halogens is 1. The second-order valence-electron chi connectivity index (χ2n) is 4.65. The van der Waals surface area contributed by atoms with Gasteiger partial charge in [0, 0.05) is 0 Å². The second kappa shape index (κ2) is 7.09. The van der Waals surface area contributed by atoms with E-state index in [9.17, 15) is 9.18 Å². The predicted octanol–water partition coefficient (Wildman–Crippen LogP) is 2.29. The summed E-state index contributed by atoms with van der Waals surface area (Å²) in [5, 5.41) is 3.07. The number of ether oxygens (including phenoxy) is 2. The highest BCUT2D eigenvalue weighted by atomic mass is 19.1. The van der Waals surface area contributed by atoms with Crippen molar-refractivity contribution in [3.63, 3.8) is 0 Å². The van der Waals surface area contributed by atoms with Gasteiger partial charge in [0.1, 0.15) is 6.04 Å². The molecule has 0 spiro atoms. The molecule has 0 saturated heterocycles. The Kier molecular flexibility index (Phi) is 5.76. The van der Waals surface area contributed by atoms with E-state index in [4.69, 9.17) is 9.47 Å². The summed E-state index contributed by atoms with van der Waals surface area (Å²) in [5.74, 6) is -0.419. The quantitative estimate of drug-likeness (QED) is 0.805. The van der Waals surface area contributed by atoms with E-state index in [-0.39, 0.29) is 5.75 Å². The molecule has 0 radical (unpaired) electrons. The van der Waals surface area contributed by atoms with Gasteiger partial charge in [0.15, 0.2) is 11.6 Å². The summed E-state index contributed by atoms with van der Waals surface area (Å²) in [7, 11) is 2.71. The molecule has 1 unspecified atom stereocenters. The fourth-order valence-electron chi connectivity index (χ4n) is 1.67. The van der Waals surface area contributed by atoms with Gasteiger partial charge in [-0.1, -0.05) is 19.9 Å². The molecule has 0 bridgehead atoms. The standard InChI is InChI=1S/C14H20FNO3/c1-9(2)8-16-13(14(17)19-4)10-5-6-12(18-3)11(15)7-10/h5-7,9,13,16H,8H2,1-4H3. The number of benzene rings is 1. The van der Waals surface area contributed by atoms with E-state index in [0.29, 0.717) is 18.0 Å². The zero-order valence-electron chi connectivity index (χ0n) is 11.7. The van der Waals surface area contributed by atoms with Gasteiger partial charge in [-0.25, -0.2) is 9.18 Å². The number of hydrogen-bond donors (Lipinski definition) is 1. The van der Waals surface area contributed by atoms with Gasteiger partial charge in [-0.05, 0) is 30.2 Å². The fraction of sp³-hybridized carbons (Fsp3) is 0.500. The molecule has 0 heterocycles. The van der Waals surface area contributed by atoms with Crippen LogP contribution in [0.2, 0.25) is 0 Å². The second-order valence-corrected chi connectivity index (χ2v) is 4.65. The Hall–Kier alpha value is -1.62. The number of hydrogen-bond acceptors (Lipinski definition) is 4. The zero-order chi connectivity index (χ0) is 14.4. The third kappa shape index (κ3) is 4.21. The van der Waals surface area contributed by atoms with Crippen LogP contribution in [-0.4, -0.2) is 26.7 Å². The molecule has 0 amide bonds. The number of esters is 1. The van der Waals surface area contributed by atoms with Crippen molar-refractivity contribution >= 4 is 5.97 Å². The highest BCUT2D eigenvalue weighted by molar-refractivity contribution is 5.77. The molecule has 1 aromatic carbocycles. The van der Waals surface area contributed by atoms with Gasteiger partial charge in [-0.2, -0.15) is 0 Å². The van der Waals surface area contributed by atoms with Crippen LogP contribution in [0.3, 0.4) is 0 Å². The van der Waals surface area contributed by atoms with Gasteiger partial charge in [0.2, 0.25) is 0 Å². The molecule has 0 aliphatic heterocycles. The summed E-state index contributed by atoms with van der Waals surface area (Å²) in [6, 6.07) is 3.76. The Morgan fingerprint density at radius 3 is 2.53 bits per heavy atom. The Labute approximate surface area is 112 Å². The highest BCUT2D eigenvalue weighted by Crippen LogP contribution is 2.22. The number of rotatable bonds is 6. The summed E-state index contributed by atoms with van der Waals surface area (Å²) >= 11 is 0. The average Bonchev–Trinajstić information content (AvgIpc) is 2.38. The van der Waals surface area contributed by atoms with Crippen LogP contribution < -0.4 is 10.1 Å². The Morgan fingerprint density at radius 2 is 2.05 bits per heavy atom. The molecule has 0 aliphatic rings. The molecule has 1 N–H and O–H groups in total. The third-order valence-electron chi connectivity index (χ3n) is 2.68. The van der Waals surface area contributed by atoms with E-state index in [2.05, 4.69) is 5.32 Å². The van der Waals surface area contributed by atoms with Crippen LogP contribution in [0.1, 0.15) is 25.5 Å². The number of carbonyl (C=O) groups excluding carboxylic acids is 1. The average molecular weight is 269 g/mol. The summed E-state index contributed by atoms with van der Waals surface area (Å²) in [4.78, 5) is 11.8. The van der Waals surface area contributed by atoms with E-state index in [1.165, 1.54) is 26.4 Å². The largest absolute Gasteiger partial charge is 0.494 e. The van der Waals surface area contributed by atoms with Crippen molar-refractivity contribution in [2.24, 2.45) is 5.92 Å². The maximum Gasteiger partial charge on any atom is 0.327 e. The van der Waals surface area contributed by atoms with Crippen LogP contribution in [-0.2, 0) is 9.53 Å². The monoisotopic (exact) mass is 269 g/mol. The molecule has 5 heteroatoms. The van der Waals surface area contributed by atoms with Crippen molar-refractivity contribution in [3.8, 4) is 5.75 Å². The van der Waals surface area contributed by atoms with Gasteiger partial charge >= 0.3 is 5.97 Å². The maximum absolute atomic E-state index is 13.7. The van der Waals surface area contributed by atoms with Crippen LogP contribution in [0.5, 0.6) is 5.75 Å². The van der Waals surface area contributed by atoms with Gasteiger partial charge < -0.3 is 14.8 Å². The van der Waals surface area contributed by atoms with Gasteiger partial charge in [0.25, 0.3) is 0 Å². The summed E-state index contributed by atoms with van der Waals surface area (Å²) < 4.78 is 23.3. The fourth-order valence-corrected chi connectivity index (χ4v) is 1.67. The van der Waals surface area contributed by atoms with Crippen LogP contribution in [0, 0.1) is 11.7 Å². The minimum absolute atomic E-state index is 0.149. The normalized spacial score (nSPS) is 12.3. The first-order valence-corrected chi connectivity index (χ1v) is 6.14. The molecular weight excluding hydrogens is 249 g/mol. The molecule has 4 nitrogen and oxygen atoms in total. The number of carbonyl (C=O) groups is 1. The first-order chi connectivity index (χ1) is 8.99. The molecular formula is C14H20FNO3. The summed E-state index contributed by atoms with van der Waals surface area (Å²) in [6.45, 7) is 4.68. The van der Waals surface area contributed by atoms with E-state index in [0.717, 1.165) is 0 Å². The number of methoxy groups -OCH3 is 2.